The van der Waals surface area contributed by atoms with Crippen molar-refractivity contribution in [2.45, 2.75) is 31.9 Å². The Morgan fingerprint density at radius 3 is 2.59 bits per heavy atom. The van der Waals surface area contributed by atoms with Crippen LogP contribution in [0, 0.1) is 0 Å². The van der Waals surface area contributed by atoms with Crippen LogP contribution in [-0.4, -0.2) is 35.7 Å². The van der Waals surface area contributed by atoms with Crippen molar-refractivity contribution >= 4 is 0 Å². The van der Waals surface area contributed by atoms with E-state index in [1.165, 1.54) is 24.0 Å². The Bertz CT molecular complexity index is 538. The number of aromatic nitrogens is 1. The molecular formula is C19H24N2O. The lowest BCUT2D eigenvalue weighted by Crippen LogP contribution is -2.33. The van der Waals surface area contributed by atoms with Gasteiger partial charge in [-0.15, -0.1) is 0 Å². The van der Waals surface area contributed by atoms with Crippen molar-refractivity contribution in [2.24, 2.45) is 0 Å². The molecule has 3 nitrogen and oxygen atoms in total. The summed E-state index contributed by atoms with van der Waals surface area (Å²) < 4.78 is 5.82. The van der Waals surface area contributed by atoms with E-state index in [1.54, 1.807) is 0 Å². The second-order valence-corrected chi connectivity index (χ2v) is 5.96. The molecule has 3 heteroatoms. The summed E-state index contributed by atoms with van der Waals surface area (Å²) in [4.78, 5) is 6.61. The predicted molar refractivity (Wildman–Crippen MR) is 88.6 cm³/mol. The van der Waals surface area contributed by atoms with Crippen molar-refractivity contribution in [2.75, 3.05) is 19.7 Å². The van der Waals surface area contributed by atoms with Crippen molar-refractivity contribution in [3.05, 3.63) is 66.0 Å². The summed E-state index contributed by atoms with van der Waals surface area (Å²) in [7, 11) is 0. The summed E-state index contributed by atoms with van der Waals surface area (Å²) in [5.74, 6) is 0. The molecule has 1 unspecified atom stereocenters. The summed E-state index contributed by atoms with van der Waals surface area (Å²) in [6.45, 7) is 4.00. The zero-order valence-corrected chi connectivity index (χ0v) is 13.0. The van der Waals surface area contributed by atoms with E-state index in [-0.39, 0.29) is 0 Å². The molecule has 0 saturated carbocycles. The van der Waals surface area contributed by atoms with E-state index in [2.05, 4.69) is 52.3 Å². The van der Waals surface area contributed by atoms with Gasteiger partial charge in [0.2, 0.25) is 0 Å². The quantitative estimate of drug-likeness (QED) is 0.784. The lowest BCUT2D eigenvalue weighted by molar-refractivity contribution is 0.0709. The van der Waals surface area contributed by atoms with Crippen LogP contribution in [0.1, 0.15) is 24.0 Å². The van der Waals surface area contributed by atoms with E-state index in [1.807, 2.05) is 12.4 Å². The SMILES string of the molecule is c1ccc(CN(CCc2ccncc2)CC2CCCO2)cc1. The zero-order chi connectivity index (χ0) is 15.0. The van der Waals surface area contributed by atoms with E-state index in [4.69, 9.17) is 4.74 Å². The molecule has 1 aliphatic heterocycles. The van der Waals surface area contributed by atoms with Gasteiger partial charge in [0.05, 0.1) is 6.10 Å². The maximum Gasteiger partial charge on any atom is 0.0702 e. The molecule has 0 spiro atoms. The van der Waals surface area contributed by atoms with Gasteiger partial charge in [0.15, 0.2) is 0 Å². The average molecular weight is 296 g/mol. The van der Waals surface area contributed by atoms with Gasteiger partial charge in [0.1, 0.15) is 0 Å². The van der Waals surface area contributed by atoms with Crippen LogP contribution in [0.5, 0.6) is 0 Å². The highest BCUT2D eigenvalue weighted by Gasteiger charge is 2.19. The van der Waals surface area contributed by atoms with Crippen molar-refractivity contribution < 1.29 is 4.74 Å². The number of nitrogens with zero attached hydrogens (tertiary/aromatic N) is 2. The van der Waals surface area contributed by atoms with Crippen LogP contribution in [0.3, 0.4) is 0 Å². The minimum absolute atomic E-state index is 0.404. The van der Waals surface area contributed by atoms with Crippen molar-refractivity contribution in [3.63, 3.8) is 0 Å². The number of rotatable bonds is 7. The molecule has 1 aliphatic rings. The molecule has 1 aromatic heterocycles. The molecule has 116 valence electrons. The Balaban J connectivity index is 1.60. The zero-order valence-electron chi connectivity index (χ0n) is 13.0. The minimum Gasteiger partial charge on any atom is -0.377 e. The number of pyridine rings is 1. The highest BCUT2D eigenvalue weighted by molar-refractivity contribution is 5.15. The predicted octanol–water partition coefficient (Wildman–Crippen LogP) is 3.31. The fraction of sp³-hybridized carbons (Fsp3) is 0.421. The Labute approximate surface area is 132 Å². The van der Waals surface area contributed by atoms with E-state index >= 15 is 0 Å². The third-order valence-electron chi connectivity index (χ3n) is 4.20. The first-order chi connectivity index (χ1) is 10.9. The largest absolute Gasteiger partial charge is 0.377 e. The van der Waals surface area contributed by atoms with Crippen molar-refractivity contribution in [3.8, 4) is 0 Å². The maximum absolute atomic E-state index is 5.82. The van der Waals surface area contributed by atoms with Gasteiger partial charge >= 0.3 is 0 Å². The highest BCUT2D eigenvalue weighted by atomic mass is 16.5. The third kappa shape index (κ3) is 4.65. The van der Waals surface area contributed by atoms with Gasteiger partial charge in [-0.05, 0) is 42.5 Å². The summed E-state index contributed by atoms with van der Waals surface area (Å²) in [6, 6.07) is 14.9. The first kappa shape index (κ1) is 15.2. The summed E-state index contributed by atoms with van der Waals surface area (Å²) in [6.07, 6.45) is 7.60. The highest BCUT2D eigenvalue weighted by Crippen LogP contribution is 2.15. The van der Waals surface area contributed by atoms with E-state index in [9.17, 15) is 0 Å². The number of hydrogen-bond donors (Lipinski definition) is 0. The average Bonchev–Trinajstić information content (AvgIpc) is 3.08. The van der Waals surface area contributed by atoms with Gasteiger partial charge in [-0.2, -0.15) is 0 Å². The first-order valence-corrected chi connectivity index (χ1v) is 8.17. The number of hydrogen-bond acceptors (Lipinski definition) is 3. The van der Waals surface area contributed by atoms with Crippen LogP contribution in [0.4, 0.5) is 0 Å². The van der Waals surface area contributed by atoms with Crippen LogP contribution in [-0.2, 0) is 17.7 Å². The molecule has 0 aliphatic carbocycles. The molecule has 0 N–H and O–H groups in total. The van der Waals surface area contributed by atoms with Gasteiger partial charge in [0.25, 0.3) is 0 Å². The summed E-state index contributed by atoms with van der Waals surface area (Å²) in [5.41, 5.74) is 2.72. The molecule has 1 aromatic carbocycles. The van der Waals surface area contributed by atoms with Crippen molar-refractivity contribution in [1.29, 1.82) is 0 Å². The fourth-order valence-electron chi connectivity index (χ4n) is 2.99. The van der Waals surface area contributed by atoms with Crippen LogP contribution >= 0.6 is 0 Å². The molecule has 2 aromatic rings. The van der Waals surface area contributed by atoms with E-state index < -0.39 is 0 Å². The Morgan fingerprint density at radius 2 is 1.86 bits per heavy atom. The van der Waals surface area contributed by atoms with E-state index in [0.717, 1.165) is 32.7 Å². The summed E-state index contributed by atoms with van der Waals surface area (Å²) in [5, 5.41) is 0. The second-order valence-electron chi connectivity index (χ2n) is 5.96. The first-order valence-electron chi connectivity index (χ1n) is 8.17. The molecule has 1 atom stereocenters. The molecule has 1 fully saturated rings. The van der Waals surface area contributed by atoms with Crippen molar-refractivity contribution in [1.82, 2.24) is 9.88 Å². The van der Waals surface area contributed by atoms with Gasteiger partial charge in [-0.1, -0.05) is 30.3 Å². The standard InChI is InChI=1S/C19H24N2O/c1-2-5-18(6-3-1)15-21(16-19-7-4-14-22-19)13-10-17-8-11-20-12-9-17/h1-3,5-6,8-9,11-12,19H,4,7,10,13-16H2. The Hall–Kier alpha value is -1.71. The Kier molecular flexibility index (Phi) is 5.57. The van der Waals surface area contributed by atoms with E-state index in [0.29, 0.717) is 6.10 Å². The molecular weight excluding hydrogens is 272 g/mol. The molecule has 0 amide bonds. The van der Waals surface area contributed by atoms with Gasteiger partial charge in [0, 0.05) is 38.6 Å². The topological polar surface area (TPSA) is 25.4 Å². The van der Waals surface area contributed by atoms with Crippen LogP contribution < -0.4 is 0 Å². The monoisotopic (exact) mass is 296 g/mol. The second kappa shape index (κ2) is 8.06. The molecule has 22 heavy (non-hydrogen) atoms. The molecule has 3 rings (SSSR count). The lowest BCUT2D eigenvalue weighted by Gasteiger charge is -2.25. The van der Waals surface area contributed by atoms with Crippen LogP contribution in [0.25, 0.3) is 0 Å². The van der Waals surface area contributed by atoms with Gasteiger partial charge in [-0.25, -0.2) is 0 Å². The molecule has 1 saturated heterocycles. The number of ether oxygens (including phenoxy) is 1. The normalized spacial score (nSPS) is 18.0. The summed E-state index contributed by atoms with van der Waals surface area (Å²) >= 11 is 0. The fourth-order valence-corrected chi connectivity index (χ4v) is 2.99. The molecule has 0 radical (unpaired) electrons. The minimum atomic E-state index is 0.404. The van der Waals surface area contributed by atoms with Crippen LogP contribution in [0.15, 0.2) is 54.9 Å². The third-order valence-corrected chi connectivity index (χ3v) is 4.20. The number of benzene rings is 1. The smallest absolute Gasteiger partial charge is 0.0702 e. The molecule has 0 bridgehead atoms. The lowest BCUT2D eigenvalue weighted by atomic mass is 10.1. The maximum atomic E-state index is 5.82. The van der Waals surface area contributed by atoms with Gasteiger partial charge < -0.3 is 4.74 Å². The Morgan fingerprint density at radius 1 is 1.05 bits per heavy atom. The van der Waals surface area contributed by atoms with Crippen LogP contribution in [0.2, 0.25) is 0 Å². The van der Waals surface area contributed by atoms with Gasteiger partial charge in [-0.3, -0.25) is 9.88 Å². The molecule has 2 heterocycles.